The molecule has 0 aliphatic heterocycles. The molecule has 0 aromatic heterocycles. The molecule has 1 aliphatic rings. The Kier molecular flexibility index (Phi) is 4.16. The molecule has 2 rings (SSSR count). The molecule has 2 N–H and O–H groups in total. The Morgan fingerprint density at radius 3 is 2.62 bits per heavy atom. The van der Waals surface area contributed by atoms with Crippen molar-refractivity contribution in [3.8, 4) is 5.75 Å². The zero-order valence-electron chi connectivity index (χ0n) is 12.3. The van der Waals surface area contributed by atoms with Crippen LogP contribution in [-0.4, -0.2) is 21.5 Å². The van der Waals surface area contributed by atoms with Gasteiger partial charge < -0.3 is 10.4 Å². The van der Waals surface area contributed by atoms with Crippen molar-refractivity contribution in [2.75, 3.05) is 0 Å². The molecule has 0 atom stereocenters. The van der Waals surface area contributed by atoms with Crippen LogP contribution in [0.4, 0.5) is 5.69 Å². The van der Waals surface area contributed by atoms with Crippen LogP contribution in [0, 0.1) is 16.0 Å². The molecule has 1 aliphatic carbocycles. The normalized spacial score (nSPS) is 25.3. The first kappa shape index (κ1) is 15.3. The Morgan fingerprint density at radius 1 is 1.43 bits per heavy atom. The van der Waals surface area contributed by atoms with Crippen LogP contribution in [0.15, 0.2) is 18.2 Å². The van der Waals surface area contributed by atoms with E-state index in [2.05, 4.69) is 12.2 Å². The van der Waals surface area contributed by atoms with Gasteiger partial charge in [0, 0.05) is 5.54 Å². The number of nitro groups is 1. The lowest BCUT2D eigenvalue weighted by Crippen LogP contribution is -2.48. The number of hydrogen-bond donors (Lipinski definition) is 2. The Labute approximate surface area is 123 Å². The van der Waals surface area contributed by atoms with Gasteiger partial charge in [-0.25, -0.2) is 0 Å². The van der Waals surface area contributed by atoms with Crippen molar-refractivity contribution in [2.45, 2.75) is 45.1 Å². The van der Waals surface area contributed by atoms with Crippen LogP contribution in [0.1, 0.15) is 49.9 Å². The fourth-order valence-electron chi connectivity index (χ4n) is 2.77. The van der Waals surface area contributed by atoms with Crippen LogP contribution in [0.25, 0.3) is 0 Å². The van der Waals surface area contributed by atoms with Crippen LogP contribution >= 0.6 is 0 Å². The van der Waals surface area contributed by atoms with E-state index in [1.165, 1.54) is 18.2 Å². The second-order valence-corrected chi connectivity index (χ2v) is 6.13. The summed E-state index contributed by atoms with van der Waals surface area (Å²) in [6.07, 6.45) is 3.76. The third-order valence-electron chi connectivity index (χ3n) is 4.24. The molecule has 1 saturated carbocycles. The molecule has 0 heterocycles. The summed E-state index contributed by atoms with van der Waals surface area (Å²) in [6, 6.07) is 4.00. The Balaban J connectivity index is 2.21. The molecule has 6 nitrogen and oxygen atoms in total. The van der Waals surface area contributed by atoms with E-state index in [9.17, 15) is 20.0 Å². The number of carbonyl (C=O) groups excluding carboxylic acids is 1. The highest BCUT2D eigenvalue weighted by atomic mass is 16.6. The fourth-order valence-corrected chi connectivity index (χ4v) is 2.77. The number of carbonyl (C=O) groups is 1. The number of benzene rings is 1. The van der Waals surface area contributed by atoms with Gasteiger partial charge in [0.25, 0.3) is 5.91 Å². The summed E-state index contributed by atoms with van der Waals surface area (Å²) in [5, 5.41) is 23.5. The van der Waals surface area contributed by atoms with Gasteiger partial charge in [-0.3, -0.25) is 14.9 Å². The van der Waals surface area contributed by atoms with E-state index >= 15 is 0 Å². The minimum atomic E-state index is -0.727. The summed E-state index contributed by atoms with van der Waals surface area (Å²) in [5.41, 5.74) is -0.981. The highest BCUT2D eigenvalue weighted by molar-refractivity contribution is 5.99. The lowest BCUT2D eigenvalue weighted by Gasteiger charge is -2.37. The number of phenols is 1. The zero-order chi connectivity index (χ0) is 15.6. The number of nitrogens with zero attached hydrogens (tertiary/aromatic N) is 1. The number of para-hydroxylation sites is 1. The van der Waals surface area contributed by atoms with Crippen LogP contribution < -0.4 is 5.32 Å². The summed E-state index contributed by atoms with van der Waals surface area (Å²) < 4.78 is 0. The number of phenolic OH excluding ortho intramolecular Hbond substituents is 1. The molecule has 114 valence electrons. The van der Waals surface area contributed by atoms with Gasteiger partial charge >= 0.3 is 5.69 Å². The first-order chi connectivity index (χ1) is 9.82. The third-order valence-corrected chi connectivity index (χ3v) is 4.24. The van der Waals surface area contributed by atoms with Crippen molar-refractivity contribution in [3.63, 3.8) is 0 Å². The highest BCUT2D eigenvalue weighted by Gasteiger charge is 2.33. The minimum Gasteiger partial charge on any atom is -0.502 e. The SMILES string of the molecule is CC1CCC(C)(NC(=O)c2cccc(O)c2[N+](=O)[O-])CC1. The molecule has 0 spiro atoms. The molecule has 1 amide bonds. The average Bonchev–Trinajstić information content (AvgIpc) is 2.41. The minimum absolute atomic E-state index is 0.0974. The summed E-state index contributed by atoms with van der Waals surface area (Å²) in [5.74, 6) is -0.352. The summed E-state index contributed by atoms with van der Waals surface area (Å²) in [6.45, 7) is 4.15. The largest absolute Gasteiger partial charge is 0.502 e. The van der Waals surface area contributed by atoms with E-state index < -0.39 is 22.3 Å². The molecule has 0 radical (unpaired) electrons. The highest BCUT2D eigenvalue weighted by Crippen LogP contribution is 2.33. The topological polar surface area (TPSA) is 92.5 Å². The van der Waals surface area contributed by atoms with Crippen molar-refractivity contribution in [3.05, 3.63) is 33.9 Å². The fraction of sp³-hybridized carbons (Fsp3) is 0.533. The quantitative estimate of drug-likeness (QED) is 0.661. The predicted molar refractivity (Wildman–Crippen MR) is 78.3 cm³/mol. The molecule has 0 saturated heterocycles. The van der Waals surface area contributed by atoms with Crippen molar-refractivity contribution >= 4 is 11.6 Å². The maximum absolute atomic E-state index is 12.4. The summed E-state index contributed by atoms with van der Waals surface area (Å²) >= 11 is 0. The first-order valence-corrected chi connectivity index (χ1v) is 7.11. The molecule has 1 aromatic carbocycles. The average molecular weight is 292 g/mol. The number of amides is 1. The van der Waals surface area contributed by atoms with E-state index in [1.54, 1.807) is 0 Å². The number of aromatic hydroxyl groups is 1. The monoisotopic (exact) mass is 292 g/mol. The number of hydrogen-bond acceptors (Lipinski definition) is 4. The van der Waals surface area contributed by atoms with E-state index in [-0.39, 0.29) is 11.1 Å². The maximum Gasteiger partial charge on any atom is 0.323 e. The molecule has 1 aromatic rings. The second-order valence-electron chi connectivity index (χ2n) is 6.13. The van der Waals surface area contributed by atoms with E-state index in [0.29, 0.717) is 5.92 Å². The lowest BCUT2D eigenvalue weighted by atomic mass is 9.78. The van der Waals surface area contributed by atoms with Crippen LogP contribution in [-0.2, 0) is 0 Å². The number of nitrogens with one attached hydrogen (secondary N) is 1. The van der Waals surface area contributed by atoms with Gasteiger partial charge in [-0.05, 0) is 50.7 Å². The Bertz CT molecular complexity index is 563. The van der Waals surface area contributed by atoms with E-state index in [0.717, 1.165) is 25.7 Å². The molecular formula is C15H20N2O4. The van der Waals surface area contributed by atoms with Gasteiger partial charge in [0.05, 0.1) is 4.92 Å². The van der Waals surface area contributed by atoms with Gasteiger partial charge in [0.2, 0.25) is 0 Å². The first-order valence-electron chi connectivity index (χ1n) is 7.11. The number of nitro benzene ring substituents is 1. The van der Waals surface area contributed by atoms with Crippen molar-refractivity contribution in [1.82, 2.24) is 5.32 Å². The molecular weight excluding hydrogens is 272 g/mol. The zero-order valence-corrected chi connectivity index (χ0v) is 12.3. The van der Waals surface area contributed by atoms with E-state index in [4.69, 9.17) is 0 Å². The van der Waals surface area contributed by atoms with Gasteiger partial charge in [0.15, 0.2) is 5.75 Å². The molecule has 0 unspecified atom stereocenters. The van der Waals surface area contributed by atoms with Gasteiger partial charge in [0.1, 0.15) is 5.56 Å². The molecule has 0 bridgehead atoms. The predicted octanol–water partition coefficient (Wildman–Crippen LogP) is 3.00. The van der Waals surface area contributed by atoms with Crippen LogP contribution in [0.3, 0.4) is 0 Å². The van der Waals surface area contributed by atoms with Crippen LogP contribution in [0.5, 0.6) is 5.75 Å². The molecule has 6 heteroatoms. The van der Waals surface area contributed by atoms with Crippen LogP contribution in [0.2, 0.25) is 0 Å². The third kappa shape index (κ3) is 3.32. The number of rotatable bonds is 3. The molecule has 21 heavy (non-hydrogen) atoms. The standard InChI is InChI=1S/C15H20N2O4/c1-10-6-8-15(2,9-7-10)16-14(19)11-4-3-5-12(18)13(11)17(20)21/h3-5,10,18H,6-9H2,1-2H3,(H,16,19). The summed E-state index contributed by atoms with van der Waals surface area (Å²) in [7, 11) is 0. The van der Waals surface area contributed by atoms with E-state index in [1.807, 2.05) is 6.92 Å². The Hall–Kier alpha value is -2.11. The van der Waals surface area contributed by atoms with Crippen molar-refractivity contribution in [2.24, 2.45) is 5.92 Å². The Morgan fingerprint density at radius 2 is 2.05 bits per heavy atom. The molecule has 1 fully saturated rings. The van der Waals surface area contributed by atoms with Gasteiger partial charge in [-0.1, -0.05) is 13.0 Å². The summed E-state index contributed by atoms with van der Waals surface area (Å²) in [4.78, 5) is 22.7. The lowest BCUT2D eigenvalue weighted by molar-refractivity contribution is -0.386. The van der Waals surface area contributed by atoms with Crippen molar-refractivity contribution in [1.29, 1.82) is 0 Å². The van der Waals surface area contributed by atoms with Crippen molar-refractivity contribution < 1.29 is 14.8 Å². The maximum atomic E-state index is 12.4. The van der Waals surface area contributed by atoms with Gasteiger partial charge in [-0.2, -0.15) is 0 Å². The smallest absolute Gasteiger partial charge is 0.323 e. The van der Waals surface area contributed by atoms with Gasteiger partial charge in [-0.15, -0.1) is 0 Å². The second kappa shape index (κ2) is 5.71.